The van der Waals surface area contributed by atoms with E-state index < -0.39 is 0 Å². The number of halogens is 2. The van der Waals surface area contributed by atoms with E-state index in [0.717, 1.165) is 33.0 Å². The molecular weight excluding hydrogens is 358 g/mol. The Bertz CT molecular complexity index is 630. The first-order valence-electron chi connectivity index (χ1n) is 6.25. The van der Waals surface area contributed by atoms with Crippen LogP contribution in [0.15, 0.2) is 45.8 Å². The van der Waals surface area contributed by atoms with E-state index in [0.29, 0.717) is 5.02 Å². The predicted molar refractivity (Wildman–Crippen MR) is 88.9 cm³/mol. The van der Waals surface area contributed by atoms with E-state index in [1.165, 1.54) is 5.56 Å². The van der Waals surface area contributed by atoms with Crippen LogP contribution in [0.4, 0.5) is 5.69 Å². The number of benzene rings is 2. The lowest BCUT2D eigenvalue weighted by Crippen LogP contribution is -2.16. The average molecular weight is 371 g/mol. The zero-order valence-corrected chi connectivity index (χ0v) is 13.8. The van der Waals surface area contributed by atoms with Crippen LogP contribution in [0.3, 0.4) is 0 Å². The van der Waals surface area contributed by atoms with Crippen molar-refractivity contribution in [2.24, 2.45) is 0 Å². The molecule has 2 aromatic rings. The fourth-order valence-electron chi connectivity index (χ4n) is 2.24. The minimum Gasteiger partial charge on any atom is -0.489 e. The number of hydrogen-bond acceptors (Lipinski definition) is 3. The monoisotopic (exact) mass is 369 g/mol. The minimum atomic E-state index is 0.167. The molecule has 104 valence electrons. The fourth-order valence-corrected chi connectivity index (χ4v) is 3.97. The molecular formula is C15H13BrClNOS. The van der Waals surface area contributed by atoms with Gasteiger partial charge in [-0.05, 0) is 35.9 Å². The number of rotatable bonds is 3. The fraction of sp³-hybridized carbons (Fsp3) is 0.200. The molecule has 1 unspecified atom stereocenters. The van der Waals surface area contributed by atoms with E-state index in [1.807, 2.05) is 30.3 Å². The normalized spacial score (nSPS) is 16.8. The second-order valence-corrected chi connectivity index (χ2v) is 7.02. The smallest absolute Gasteiger partial charge is 0.123 e. The number of nitrogens with two attached hydrogens (primary N) is 1. The Morgan fingerprint density at radius 3 is 3.00 bits per heavy atom. The van der Waals surface area contributed by atoms with Crippen molar-refractivity contribution in [3.8, 4) is 5.75 Å². The van der Waals surface area contributed by atoms with Gasteiger partial charge in [-0.1, -0.05) is 33.6 Å². The highest BCUT2D eigenvalue weighted by Gasteiger charge is 2.23. The molecule has 1 aliphatic heterocycles. The van der Waals surface area contributed by atoms with Gasteiger partial charge in [-0.3, -0.25) is 0 Å². The lowest BCUT2D eigenvalue weighted by molar-refractivity contribution is 0.259. The maximum absolute atomic E-state index is 6.18. The summed E-state index contributed by atoms with van der Waals surface area (Å²) in [6, 6.07) is 11.7. The first-order chi connectivity index (χ1) is 9.63. The van der Waals surface area contributed by atoms with Crippen molar-refractivity contribution in [3.05, 3.63) is 51.5 Å². The summed E-state index contributed by atoms with van der Waals surface area (Å²) < 4.78 is 7.02. The molecule has 0 fully saturated rings. The molecule has 0 bridgehead atoms. The highest BCUT2D eigenvalue weighted by atomic mass is 79.9. The maximum atomic E-state index is 6.18. The Labute approximate surface area is 135 Å². The molecule has 1 heterocycles. The Hall–Kier alpha value is -0.840. The van der Waals surface area contributed by atoms with Gasteiger partial charge in [0.05, 0.1) is 5.02 Å². The second-order valence-electron chi connectivity index (χ2n) is 4.67. The zero-order chi connectivity index (χ0) is 14.1. The minimum absolute atomic E-state index is 0.167. The van der Waals surface area contributed by atoms with E-state index in [-0.39, 0.29) is 6.10 Å². The van der Waals surface area contributed by atoms with Gasteiger partial charge in [0.25, 0.3) is 0 Å². The van der Waals surface area contributed by atoms with Crippen molar-refractivity contribution < 1.29 is 4.74 Å². The lowest BCUT2D eigenvalue weighted by Gasteiger charge is -2.12. The van der Waals surface area contributed by atoms with E-state index >= 15 is 0 Å². The van der Waals surface area contributed by atoms with Crippen LogP contribution in [-0.4, -0.2) is 11.9 Å². The predicted octanol–water partition coefficient (Wildman–Crippen LogP) is 4.78. The van der Waals surface area contributed by atoms with Crippen molar-refractivity contribution in [3.63, 3.8) is 0 Å². The van der Waals surface area contributed by atoms with Gasteiger partial charge in [-0.2, -0.15) is 0 Å². The van der Waals surface area contributed by atoms with Crippen molar-refractivity contribution in [2.45, 2.75) is 17.4 Å². The highest BCUT2D eigenvalue weighted by Crippen LogP contribution is 2.36. The van der Waals surface area contributed by atoms with Crippen molar-refractivity contribution in [1.82, 2.24) is 0 Å². The van der Waals surface area contributed by atoms with Gasteiger partial charge in [-0.15, -0.1) is 11.8 Å². The first-order valence-corrected chi connectivity index (χ1v) is 8.41. The Morgan fingerprint density at radius 1 is 1.35 bits per heavy atom. The number of hydrogen-bond donors (Lipinski definition) is 1. The molecule has 0 saturated carbocycles. The molecule has 0 spiro atoms. The lowest BCUT2D eigenvalue weighted by atomic mass is 10.1. The van der Waals surface area contributed by atoms with Crippen molar-refractivity contribution in [1.29, 1.82) is 0 Å². The molecule has 2 nitrogen and oxygen atoms in total. The summed E-state index contributed by atoms with van der Waals surface area (Å²) in [5, 5.41) is 0.702. The zero-order valence-electron chi connectivity index (χ0n) is 10.6. The standard InChI is InChI=1S/C15H13BrClNOS/c16-10-4-5-14-9(6-10)7-11(19-14)8-20-15-12(17)2-1-3-13(15)18/h1-6,11H,7-8,18H2. The van der Waals surface area contributed by atoms with Crippen LogP contribution in [-0.2, 0) is 6.42 Å². The third-order valence-corrected chi connectivity index (χ3v) is 5.38. The van der Waals surface area contributed by atoms with Crippen LogP contribution in [0.25, 0.3) is 0 Å². The van der Waals surface area contributed by atoms with E-state index in [4.69, 9.17) is 22.1 Å². The summed E-state index contributed by atoms with van der Waals surface area (Å²) in [5.41, 5.74) is 7.93. The van der Waals surface area contributed by atoms with Gasteiger partial charge in [-0.25, -0.2) is 0 Å². The second kappa shape index (κ2) is 5.88. The summed E-state index contributed by atoms with van der Waals surface area (Å²) in [6.45, 7) is 0. The highest BCUT2D eigenvalue weighted by molar-refractivity contribution is 9.10. The molecule has 1 atom stereocenters. The molecule has 0 amide bonds. The molecule has 3 rings (SSSR count). The molecule has 0 aromatic heterocycles. The van der Waals surface area contributed by atoms with Crippen LogP contribution in [0.1, 0.15) is 5.56 Å². The van der Waals surface area contributed by atoms with Crippen molar-refractivity contribution in [2.75, 3.05) is 11.5 Å². The Kier molecular flexibility index (Phi) is 4.15. The quantitative estimate of drug-likeness (QED) is 0.624. The molecule has 2 aromatic carbocycles. The largest absolute Gasteiger partial charge is 0.489 e. The van der Waals surface area contributed by atoms with Crippen molar-refractivity contribution >= 4 is 45.0 Å². The van der Waals surface area contributed by atoms with Gasteiger partial charge in [0, 0.05) is 27.2 Å². The third-order valence-electron chi connectivity index (χ3n) is 3.17. The Balaban J connectivity index is 1.67. The molecule has 0 aliphatic carbocycles. The number of anilines is 1. The van der Waals surface area contributed by atoms with Crippen LogP contribution in [0.5, 0.6) is 5.75 Å². The molecule has 0 saturated heterocycles. The average Bonchev–Trinajstić information content (AvgIpc) is 2.80. The molecule has 0 radical (unpaired) electrons. The maximum Gasteiger partial charge on any atom is 0.123 e. The third kappa shape index (κ3) is 2.92. The molecule has 5 heteroatoms. The van der Waals surface area contributed by atoms with Crippen LogP contribution < -0.4 is 10.5 Å². The molecule has 2 N–H and O–H groups in total. The summed E-state index contributed by atoms with van der Waals surface area (Å²) in [4.78, 5) is 0.940. The van der Waals surface area contributed by atoms with Gasteiger partial charge in [0.15, 0.2) is 0 Å². The number of fused-ring (bicyclic) bond motifs is 1. The van der Waals surface area contributed by atoms with E-state index in [2.05, 4.69) is 22.0 Å². The van der Waals surface area contributed by atoms with Gasteiger partial charge in [0.1, 0.15) is 11.9 Å². The first kappa shape index (κ1) is 14.1. The molecule has 20 heavy (non-hydrogen) atoms. The number of ether oxygens (including phenoxy) is 1. The van der Waals surface area contributed by atoms with Crippen LogP contribution >= 0.6 is 39.3 Å². The SMILES string of the molecule is Nc1cccc(Cl)c1SCC1Cc2cc(Br)ccc2O1. The van der Waals surface area contributed by atoms with E-state index in [1.54, 1.807) is 11.8 Å². The van der Waals surface area contributed by atoms with Crippen LogP contribution in [0, 0.1) is 0 Å². The summed E-state index contributed by atoms with van der Waals surface area (Å²) in [6.07, 6.45) is 1.09. The summed E-state index contributed by atoms with van der Waals surface area (Å²) in [7, 11) is 0. The Morgan fingerprint density at radius 2 is 2.20 bits per heavy atom. The van der Waals surface area contributed by atoms with Gasteiger partial charge >= 0.3 is 0 Å². The number of thioether (sulfide) groups is 1. The van der Waals surface area contributed by atoms with Gasteiger partial charge in [0.2, 0.25) is 0 Å². The van der Waals surface area contributed by atoms with Crippen LogP contribution in [0.2, 0.25) is 5.02 Å². The van der Waals surface area contributed by atoms with Gasteiger partial charge < -0.3 is 10.5 Å². The molecule has 1 aliphatic rings. The number of nitrogen functional groups attached to an aromatic ring is 1. The van der Waals surface area contributed by atoms with E-state index in [9.17, 15) is 0 Å². The topological polar surface area (TPSA) is 35.2 Å². The summed E-state index contributed by atoms with van der Waals surface area (Å²) in [5.74, 6) is 1.81. The summed E-state index contributed by atoms with van der Waals surface area (Å²) >= 11 is 11.3.